The number of benzene rings is 1. The molecule has 0 spiro atoms. The molecule has 0 aliphatic carbocycles. The highest BCUT2D eigenvalue weighted by Crippen LogP contribution is 2.08. The Labute approximate surface area is 132 Å². The maximum absolute atomic E-state index is 12.1. The first-order valence-electron chi connectivity index (χ1n) is 6.70. The minimum Gasteiger partial charge on any atom is -0.478 e. The van der Waals surface area contributed by atoms with Crippen LogP contribution in [0.15, 0.2) is 30.3 Å². The topological polar surface area (TPSA) is 119 Å². The van der Waals surface area contributed by atoms with Gasteiger partial charge in [0.05, 0.1) is 0 Å². The number of amides is 1. The fourth-order valence-corrected chi connectivity index (χ4v) is 1.74. The van der Waals surface area contributed by atoms with E-state index in [0.717, 1.165) is 19.4 Å². The van der Waals surface area contributed by atoms with Crippen LogP contribution in [0, 0.1) is 0 Å². The summed E-state index contributed by atoms with van der Waals surface area (Å²) in [6.07, 6.45) is -3.70. The summed E-state index contributed by atoms with van der Waals surface area (Å²) in [5, 5.41) is 11.5. The molecule has 2 atom stereocenters. The highest BCUT2D eigenvalue weighted by atomic mass is 16.6. The normalized spacial score (nSPS) is 12.6. The molecular weight excluding hydrogens is 306 g/mol. The predicted molar refractivity (Wildman–Crippen MR) is 77.0 cm³/mol. The fourth-order valence-electron chi connectivity index (χ4n) is 1.74. The highest BCUT2D eigenvalue weighted by Gasteiger charge is 2.39. The number of hydrogen-bond acceptors (Lipinski definition) is 6. The molecule has 0 saturated heterocycles. The second-order valence-corrected chi connectivity index (χ2v) is 4.60. The molecule has 0 fully saturated rings. The van der Waals surface area contributed by atoms with E-state index in [2.05, 4.69) is 10.1 Å². The number of carboxylic acids is 1. The Bertz CT molecular complexity index is 585. The molecular formula is C15H17NO7. The average molecular weight is 323 g/mol. The van der Waals surface area contributed by atoms with Crippen molar-refractivity contribution < 1.29 is 33.8 Å². The maximum atomic E-state index is 12.1. The van der Waals surface area contributed by atoms with Crippen molar-refractivity contribution in [2.75, 3.05) is 0 Å². The quantitative estimate of drug-likeness (QED) is 0.690. The van der Waals surface area contributed by atoms with Gasteiger partial charge in [0.15, 0.2) is 0 Å². The Morgan fingerprint density at radius 1 is 1.00 bits per heavy atom. The third kappa shape index (κ3) is 6.16. The van der Waals surface area contributed by atoms with E-state index >= 15 is 0 Å². The first-order valence-corrected chi connectivity index (χ1v) is 6.70. The van der Waals surface area contributed by atoms with Gasteiger partial charge in [0.25, 0.3) is 5.91 Å². The van der Waals surface area contributed by atoms with E-state index in [1.807, 2.05) is 0 Å². The van der Waals surface area contributed by atoms with Crippen LogP contribution in [0.3, 0.4) is 0 Å². The Morgan fingerprint density at radius 3 is 2.00 bits per heavy atom. The fraction of sp³-hybridized carbons (Fsp3) is 0.333. The second kappa shape index (κ2) is 8.52. The first-order chi connectivity index (χ1) is 10.8. The summed E-state index contributed by atoms with van der Waals surface area (Å²) in [4.78, 5) is 45.4. The Morgan fingerprint density at radius 2 is 1.52 bits per heavy atom. The van der Waals surface area contributed by atoms with Crippen molar-refractivity contribution in [2.45, 2.75) is 32.6 Å². The number of carbonyl (C=O) groups excluding carboxylic acids is 3. The van der Waals surface area contributed by atoms with Crippen LogP contribution in [0.4, 0.5) is 0 Å². The number of rotatable bonds is 7. The van der Waals surface area contributed by atoms with Crippen molar-refractivity contribution in [3.05, 3.63) is 35.9 Å². The molecule has 8 heteroatoms. The first kappa shape index (κ1) is 18.1. The number of carbonyl (C=O) groups is 4. The summed E-state index contributed by atoms with van der Waals surface area (Å²) >= 11 is 0. The van der Waals surface area contributed by atoms with Crippen molar-refractivity contribution >= 4 is 23.8 Å². The number of ether oxygens (including phenoxy) is 2. The predicted octanol–water partition coefficient (Wildman–Crippen LogP) is 0.251. The van der Waals surface area contributed by atoms with Gasteiger partial charge in [-0.05, 0) is 5.56 Å². The van der Waals surface area contributed by atoms with Crippen molar-refractivity contribution in [3.63, 3.8) is 0 Å². The van der Waals surface area contributed by atoms with Crippen LogP contribution in [0.5, 0.6) is 0 Å². The van der Waals surface area contributed by atoms with Crippen LogP contribution in [0.1, 0.15) is 19.4 Å². The van der Waals surface area contributed by atoms with Crippen molar-refractivity contribution in [3.8, 4) is 0 Å². The number of esters is 2. The van der Waals surface area contributed by atoms with Crippen LogP contribution in [0.2, 0.25) is 0 Å². The number of carboxylic acid groups (broad SMARTS) is 1. The van der Waals surface area contributed by atoms with E-state index in [4.69, 9.17) is 9.84 Å². The van der Waals surface area contributed by atoms with Gasteiger partial charge in [0.2, 0.25) is 12.2 Å². The highest BCUT2D eigenvalue weighted by molar-refractivity contribution is 5.90. The summed E-state index contributed by atoms with van der Waals surface area (Å²) in [6, 6.07) is 8.84. The van der Waals surface area contributed by atoms with Gasteiger partial charge in [0, 0.05) is 20.4 Å². The van der Waals surface area contributed by atoms with Crippen molar-refractivity contribution in [1.82, 2.24) is 5.32 Å². The monoisotopic (exact) mass is 323 g/mol. The smallest absolute Gasteiger partial charge is 0.349 e. The summed E-state index contributed by atoms with van der Waals surface area (Å²) in [5.74, 6) is -4.26. The van der Waals surface area contributed by atoms with Gasteiger partial charge in [0.1, 0.15) is 0 Å². The molecule has 2 N–H and O–H groups in total. The van der Waals surface area contributed by atoms with E-state index in [0.29, 0.717) is 0 Å². The maximum Gasteiger partial charge on any atom is 0.349 e. The lowest BCUT2D eigenvalue weighted by molar-refractivity contribution is -0.180. The van der Waals surface area contributed by atoms with Gasteiger partial charge in [-0.25, -0.2) is 4.79 Å². The minimum absolute atomic E-state index is 0.101. The SMILES string of the molecule is CC(=O)OC(C(=O)O)C(OC(C)=O)C(=O)NCc1ccccc1. The van der Waals surface area contributed by atoms with E-state index in [1.165, 1.54) is 0 Å². The molecule has 1 amide bonds. The third-order valence-corrected chi connectivity index (χ3v) is 2.67. The second-order valence-electron chi connectivity index (χ2n) is 4.60. The summed E-state index contributed by atoms with van der Waals surface area (Å²) < 4.78 is 9.29. The summed E-state index contributed by atoms with van der Waals surface area (Å²) in [7, 11) is 0. The lowest BCUT2D eigenvalue weighted by Gasteiger charge is -2.22. The molecule has 23 heavy (non-hydrogen) atoms. The lowest BCUT2D eigenvalue weighted by atomic mass is 10.1. The van der Waals surface area contributed by atoms with E-state index in [1.54, 1.807) is 30.3 Å². The standard InChI is InChI=1S/C15H17NO7/c1-9(17)22-12(13(15(20)21)23-10(2)18)14(19)16-8-11-6-4-3-5-7-11/h3-7,12-13H,8H2,1-2H3,(H,16,19)(H,20,21). The van der Waals surface area contributed by atoms with Gasteiger partial charge in [-0.3, -0.25) is 14.4 Å². The Hall–Kier alpha value is -2.90. The number of aliphatic carboxylic acids is 1. The molecule has 0 aromatic heterocycles. The largest absolute Gasteiger partial charge is 0.478 e. The third-order valence-electron chi connectivity index (χ3n) is 2.67. The van der Waals surface area contributed by atoms with Gasteiger partial charge in [-0.2, -0.15) is 0 Å². The molecule has 0 bridgehead atoms. The minimum atomic E-state index is -1.92. The molecule has 0 saturated carbocycles. The summed E-state index contributed by atoms with van der Waals surface area (Å²) in [5.41, 5.74) is 0.766. The number of hydrogen-bond donors (Lipinski definition) is 2. The zero-order chi connectivity index (χ0) is 17.4. The molecule has 0 aliphatic rings. The molecule has 1 aromatic rings. The average Bonchev–Trinajstić information content (AvgIpc) is 2.48. The van der Waals surface area contributed by atoms with E-state index in [-0.39, 0.29) is 6.54 Å². The number of nitrogens with one attached hydrogen (secondary N) is 1. The van der Waals surface area contributed by atoms with E-state index < -0.39 is 36.0 Å². The molecule has 0 aliphatic heterocycles. The van der Waals surface area contributed by atoms with Crippen LogP contribution >= 0.6 is 0 Å². The van der Waals surface area contributed by atoms with Crippen LogP contribution in [-0.4, -0.2) is 41.1 Å². The van der Waals surface area contributed by atoms with E-state index in [9.17, 15) is 19.2 Å². The van der Waals surface area contributed by atoms with Crippen molar-refractivity contribution in [2.24, 2.45) is 0 Å². The molecule has 1 rings (SSSR count). The zero-order valence-electron chi connectivity index (χ0n) is 12.6. The van der Waals surface area contributed by atoms with Gasteiger partial charge in [-0.15, -0.1) is 0 Å². The molecule has 0 heterocycles. The van der Waals surface area contributed by atoms with Crippen LogP contribution in [-0.2, 0) is 35.2 Å². The molecule has 124 valence electrons. The molecule has 2 unspecified atom stereocenters. The Balaban J connectivity index is 2.85. The van der Waals surface area contributed by atoms with Crippen LogP contribution < -0.4 is 5.32 Å². The van der Waals surface area contributed by atoms with Gasteiger partial charge < -0.3 is 19.9 Å². The van der Waals surface area contributed by atoms with Gasteiger partial charge in [-0.1, -0.05) is 30.3 Å². The summed E-state index contributed by atoms with van der Waals surface area (Å²) in [6.45, 7) is 2.11. The lowest BCUT2D eigenvalue weighted by Crippen LogP contribution is -2.49. The van der Waals surface area contributed by atoms with Crippen LogP contribution in [0.25, 0.3) is 0 Å². The van der Waals surface area contributed by atoms with Crippen molar-refractivity contribution in [1.29, 1.82) is 0 Å². The Kier molecular flexibility index (Phi) is 6.72. The van der Waals surface area contributed by atoms with Gasteiger partial charge >= 0.3 is 17.9 Å². The zero-order valence-corrected chi connectivity index (χ0v) is 12.6. The molecule has 8 nitrogen and oxygen atoms in total. The molecule has 0 radical (unpaired) electrons. The molecule has 1 aromatic carbocycles.